The molecule has 0 saturated heterocycles. The first kappa shape index (κ1) is 14.3. The monoisotopic (exact) mass is 230 g/mol. The topological polar surface area (TPSA) is 101 Å². The summed E-state index contributed by atoms with van der Waals surface area (Å²) in [6, 6.07) is 0. The first-order chi connectivity index (χ1) is 7.32. The predicted molar refractivity (Wildman–Crippen MR) is 54.0 cm³/mol. The van der Waals surface area contributed by atoms with Gasteiger partial charge in [-0.1, -0.05) is 6.58 Å². The van der Waals surface area contributed by atoms with Crippen LogP contribution < -0.4 is 0 Å². The SMILES string of the molecule is C=C(C)C(=O)C(C(=O)O)C(OCC)C(=O)O. The Kier molecular flexibility index (Phi) is 5.38. The highest BCUT2D eigenvalue weighted by atomic mass is 16.5. The van der Waals surface area contributed by atoms with E-state index in [-0.39, 0.29) is 12.2 Å². The van der Waals surface area contributed by atoms with Gasteiger partial charge in [-0.15, -0.1) is 0 Å². The minimum absolute atomic E-state index is 0.00418. The zero-order valence-electron chi connectivity index (χ0n) is 9.10. The van der Waals surface area contributed by atoms with Crippen LogP contribution in [0, 0.1) is 5.92 Å². The molecule has 0 amide bonds. The van der Waals surface area contributed by atoms with Crippen molar-refractivity contribution in [3.8, 4) is 0 Å². The molecule has 2 unspecified atom stereocenters. The standard InChI is InChI=1S/C10H14O6/c1-4-16-8(10(14)15)6(9(12)13)7(11)5(2)3/h6,8H,2,4H2,1,3H3,(H,12,13)(H,14,15). The first-order valence-electron chi connectivity index (χ1n) is 4.59. The van der Waals surface area contributed by atoms with E-state index in [1.54, 1.807) is 0 Å². The molecule has 6 heteroatoms. The second kappa shape index (κ2) is 6.02. The Bertz CT molecular complexity index is 319. The Balaban J connectivity index is 5.15. The molecule has 0 radical (unpaired) electrons. The fourth-order valence-corrected chi connectivity index (χ4v) is 1.13. The van der Waals surface area contributed by atoms with Crippen molar-refractivity contribution in [2.45, 2.75) is 20.0 Å². The van der Waals surface area contributed by atoms with Gasteiger partial charge in [0.2, 0.25) is 0 Å². The molecule has 90 valence electrons. The highest BCUT2D eigenvalue weighted by Gasteiger charge is 2.40. The third-order valence-electron chi connectivity index (χ3n) is 1.86. The summed E-state index contributed by atoms with van der Waals surface area (Å²) in [4.78, 5) is 33.1. The van der Waals surface area contributed by atoms with Crippen LogP contribution in [0.25, 0.3) is 0 Å². The quantitative estimate of drug-likeness (QED) is 0.482. The number of hydrogen-bond acceptors (Lipinski definition) is 4. The highest BCUT2D eigenvalue weighted by Crippen LogP contribution is 2.14. The second-order valence-electron chi connectivity index (χ2n) is 3.17. The van der Waals surface area contributed by atoms with Gasteiger partial charge in [-0.2, -0.15) is 0 Å². The molecule has 0 heterocycles. The number of carbonyl (C=O) groups excluding carboxylic acids is 1. The average molecular weight is 230 g/mol. The van der Waals surface area contributed by atoms with Gasteiger partial charge in [-0.05, 0) is 19.4 Å². The molecule has 6 nitrogen and oxygen atoms in total. The molecular weight excluding hydrogens is 216 g/mol. The maximum Gasteiger partial charge on any atom is 0.334 e. The summed E-state index contributed by atoms with van der Waals surface area (Å²) in [5.41, 5.74) is -0.0154. The number of aliphatic carboxylic acids is 2. The minimum atomic E-state index is -1.75. The summed E-state index contributed by atoms with van der Waals surface area (Å²) in [5.74, 6) is -5.61. The minimum Gasteiger partial charge on any atom is -0.481 e. The molecule has 2 atom stereocenters. The fourth-order valence-electron chi connectivity index (χ4n) is 1.13. The lowest BCUT2D eigenvalue weighted by molar-refractivity contribution is -0.166. The van der Waals surface area contributed by atoms with Crippen LogP contribution in [0.4, 0.5) is 0 Å². The molecule has 0 rings (SSSR count). The van der Waals surface area contributed by atoms with Crippen molar-refractivity contribution in [3.63, 3.8) is 0 Å². The summed E-state index contributed by atoms with van der Waals surface area (Å²) in [6.07, 6.45) is -1.69. The van der Waals surface area contributed by atoms with Crippen molar-refractivity contribution in [1.82, 2.24) is 0 Å². The largest absolute Gasteiger partial charge is 0.481 e. The lowest BCUT2D eigenvalue weighted by Gasteiger charge is -2.19. The molecule has 0 fully saturated rings. The molecular formula is C10H14O6. The predicted octanol–water partition coefficient (Wildman–Crippen LogP) is 0.322. The Morgan fingerprint density at radius 2 is 1.75 bits per heavy atom. The molecule has 0 saturated carbocycles. The number of carboxylic acids is 2. The molecule has 0 bridgehead atoms. The van der Waals surface area contributed by atoms with Crippen molar-refractivity contribution < 1.29 is 29.3 Å². The van der Waals surface area contributed by atoms with Crippen molar-refractivity contribution in [3.05, 3.63) is 12.2 Å². The Morgan fingerprint density at radius 1 is 1.25 bits per heavy atom. The molecule has 0 aromatic carbocycles. The van der Waals surface area contributed by atoms with Crippen LogP contribution in [0.15, 0.2) is 12.2 Å². The molecule has 16 heavy (non-hydrogen) atoms. The first-order valence-corrected chi connectivity index (χ1v) is 4.59. The van der Waals surface area contributed by atoms with Gasteiger partial charge in [-0.25, -0.2) is 4.79 Å². The van der Waals surface area contributed by atoms with Crippen LogP contribution in [0.2, 0.25) is 0 Å². The van der Waals surface area contributed by atoms with E-state index in [0.717, 1.165) is 0 Å². The van der Waals surface area contributed by atoms with Gasteiger partial charge in [0.25, 0.3) is 0 Å². The zero-order valence-corrected chi connectivity index (χ0v) is 9.10. The number of carboxylic acid groups (broad SMARTS) is 2. The third-order valence-corrected chi connectivity index (χ3v) is 1.86. The number of allylic oxidation sites excluding steroid dienone is 1. The maximum absolute atomic E-state index is 11.5. The molecule has 0 aromatic rings. The second-order valence-corrected chi connectivity index (χ2v) is 3.17. The molecule has 2 N–H and O–H groups in total. The lowest BCUT2D eigenvalue weighted by atomic mass is 9.93. The number of ketones is 1. The molecule has 0 spiro atoms. The van der Waals surface area contributed by atoms with E-state index in [4.69, 9.17) is 14.9 Å². The average Bonchev–Trinajstić information content (AvgIpc) is 2.15. The van der Waals surface area contributed by atoms with Crippen LogP contribution in [0.5, 0.6) is 0 Å². The van der Waals surface area contributed by atoms with E-state index in [9.17, 15) is 14.4 Å². The van der Waals surface area contributed by atoms with Crippen molar-refractivity contribution in [1.29, 1.82) is 0 Å². The van der Waals surface area contributed by atoms with Gasteiger partial charge in [-0.3, -0.25) is 9.59 Å². The smallest absolute Gasteiger partial charge is 0.334 e. The number of carbonyl (C=O) groups is 3. The molecule has 0 aliphatic heterocycles. The highest BCUT2D eigenvalue weighted by molar-refractivity contribution is 6.09. The van der Waals surface area contributed by atoms with E-state index in [1.165, 1.54) is 13.8 Å². The van der Waals surface area contributed by atoms with Crippen molar-refractivity contribution in [2.75, 3.05) is 6.61 Å². The number of rotatable bonds is 7. The van der Waals surface area contributed by atoms with E-state index in [2.05, 4.69) is 6.58 Å². The summed E-state index contributed by atoms with van der Waals surface area (Å²) in [5, 5.41) is 17.6. The number of ether oxygens (including phenoxy) is 1. The van der Waals surface area contributed by atoms with E-state index in [1.807, 2.05) is 0 Å². The third kappa shape index (κ3) is 3.47. The normalized spacial score (nSPS) is 13.9. The van der Waals surface area contributed by atoms with Crippen molar-refractivity contribution >= 4 is 17.7 Å². The van der Waals surface area contributed by atoms with Gasteiger partial charge in [0.15, 0.2) is 17.8 Å². The fraction of sp³-hybridized carbons (Fsp3) is 0.500. The molecule has 0 aromatic heterocycles. The van der Waals surface area contributed by atoms with Crippen LogP contribution >= 0.6 is 0 Å². The van der Waals surface area contributed by atoms with Gasteiger partial charge < -0.3 is 14.9 Å². The number of Topliss-reactive ketones (excluding diaryl/α,β-unsaturated/α-hetero) is 1. The molecule has 0 aliphatic carbocycles. The number of hydrogen-bond donors (Lipinski definition) is 2. The van der Waals surface area contributed by atoms with Gasteiger partial charge in [0.1, 0.15) is 0 Å². The van der Waals surface area contributed by atoms with Crippen LogP contribution in [-0.2, 0) is 19.1 Å². The maximum atomic E-state index is 11.5. The van der Waals surface area contributed by atoms with E-state index >= 15 is 0 Å². The van der Waals surface area contributed by atoms with Crippen LogP contribution in [0.3, 0.4) is 0 Å². The van der Waals surface area contributed by atoms with Gasteiger partial charge in [0, 0.05) is 6.61 Å². The lowest BCUT2D eigenvalue weighted by Crippen LogP contribution is -2.42. The Labute approximate surface area is 92.5 Å². The molecule has 0 aliphatic rings. The van der Waals surface area contributed by atoms with E-state index < -0.39 is 29.7 Å². The Hall–Kier alpha value is -1.69. The summed E-state index contributed by atoms with van der Waals surface area (Å²) >= 11 is 0. The van der Waals surface area contributed by atoms with Crippen LogP contribution in [-0.4, -0.2) is 40.6 Å². The van der Waals surface area contributed by atoms with E-state index in [0.29, 0.717) is 0 Å². The van der Waals surface area contributed by atoms with Gasteiger partial charge in [0.05, 0.1) is 0 Å². The summed E-state index contributed by atoms with van der Waals surface area (Å²) in [7, 11) is 0. The van der Waals surface area contributed by atoms with Crippen LogP contribution in [0.1, 0.15) is 13.8 Å². The summed E-state index contributed by atoms with van der Waals surface area (Å²) < 4.78 is 4.76. The zero-order chi connectivity index (χ0) is 12.9. The van der Waals surface area contributed by atoms with Crippen molar-refractivity contribution in [2.24, 2.45) is 5.92 Å². The summed E-state index contributed by atoms with van der Waals surface area (Å²) in [6.45, 7) is 6.14. The van der Waals surface area contributed by atoms with Gasteiger partial charge >= 0.3 is 11.9 Å². The Morgan fingerprint density at radius 3 is 2.00 bits per heavy atom.